The van der Waals surface area contributed by atoms with Crippen LogP contribution in [0.15, 0.2) is 36.7 Å². The summed E-state index contributed by atoms with van der Waals surface area (Å²) in [4.78, 5) is 7.87. The fraction of sp³-hybridized carbons (Fsp3) is 0.167. The Morgan fingerprint density at radius 2 is 2.18 bits per heavy atom. The molecule has 0 atom stereocenters. The summed E-state index contributed by atoms with van der Waals surface area (Å²) in [7, 11) is 1.63. The second-order valence-electron chi connectivity index (χ2n) is 3.32. The molecule has 0 saturated carbocycles. The van der Waals surface area contributed by atoms with Crippen molar-refractivity contribution in [3.63, 3.8) is 0 Å². The van der Waals surface area contributed by atoms with Gasteiger partial charge in [-0.1, -0.05) is 23.7 Å². The van der Waals surface area contributed by atoms with E-state index in [2.05, 4.69) is 9.97 Å². The fourth-order valence-electron chi connectivity index (χ4n) is 1.31. The van der Waals surface area contributed by atoms with Gasteiger partial charge in [0.2, 0.25) is 5.88 Å². The lowest BCUT2D eigenvalue weighted by atomic mass is 10.2. The van der Waals surface area contributed by atoms with Gasteiger partial charge in [-0.3, -0.25) is 4.98 Å². The van der Waals surface area contributed by atoms with Crippen molar-refractivity contribution in [3.8, 4) is 11.6 Å². The number of nitrogens with zero attached hydrogens (tertiary/aromatic N) is 2. The maximum Gasteiger partial charge on any atom is 0.234 e. The van der Waals surface area contributed by atoms with Crippen LogP contribution in [0.25, 0.3) is 0 Å². The number of methoxy groups -OCH3 is 1. The summed E-state index contributed by atoms with van der Waals surface area (Å²) in [6.45, 7) is 0.395. The number of aromatic nitrogens is 2. The summed E-state index contributed by atoms with van der Waals surface area (Å²) < 4.78 is 10.6. The Balaban J connectivity index is 2.02. The molecule has 0 saturated heterocycles. The van der Waals surface area contributed by atoms with Gasteiger partial charge in [0.1, 0.15) is 12.4 Å². The highest BCUT2D eigenvalue weighted by atomic mass is 35.5. The van der Waals surface area contributed by atoms with E-state index in [0.717, 1.165) is 11.3 Å². The largest absolute Gasteiger partial charge is 0.497 e. The monoisotopic (exact) mass is 250 g/mol. The second-order valence-corrected chi connectivity index (χ2v) is 3.71. The molecule has 0 aliphatic heterocycles. The minimum Gasteiger partial charge on any atom is -0.497 e. The van der Waals surface area contributed by atoms with Crippen LogP contribution in [-0.2, 0) is 6.61 Å². The average molecular weight is 251 g/mol. The Morgan fingerprint density at radius 1 is 1.29 bits per heavy atom. The van der Waals surface area contributed by atoms with E-state index in [1.807, 2.05) is 24.3 Å². The van der Waals surface area contributed by atoms with Gasteiger partial charge in [-0.15, -0.1) is 0 Å². The van der Waals surface area contributed by atoms with E-state index < -0.39 is 0 Å². The molecule has 2 aromatic rings. The minimum atomic E-state index is 0.313. The SMILES string of the molecule is COc1cccc(COc2cncc(Cl)n2)c1. The lowest BCUT2D eigenvalue weighted by Gasteiger charge is -2.06. The molecular formula is C12H11ClN2O2. The van der Waals surface area contributed by atoms with Gasteiger partial charge < -0.3 is 9.47 Å². The maximum absolute atomic E-state index is 5.70. The highest BCUT2D eigenvalue weighted by Crippen LogP contribution is 2.15. The summed E-state index contributed by atoms with van der Waals surface area (Å²) in [6, 6.07) is 7.63. The molecule has 0 unspecified atom stereocenters. The topological polar surface area (TPSA) is 44.2 Å². The van der Waals surface area contributed by atoms with Crippen molar-refractivity contribution in [1.82, 2.24) is 9.97 Å². The molecule has 0 aliphatic carbocycles. The van der Waals surface area contributed by atoms with Crippen molar-refractivity contribution in [1.29, 1.82) is 0 Å². The molecule has 0 aliphatic rings. The maximum atomic E-state index is 5.70. The Hall–Kier alpha value is -1.81. The van der Waals surface area contributed by atoms with Crippen LogP contribution in [0.5, 0.6) is 11.6 Å². The number of rotatable bonds is 4. The molecular weight excluding hydrogens is 240 g/mol. The minimum absolute atomic E-state index is 0.313. The van der Waals surface area contributed by atoms with Crippen molar-refractivity contribution in [2.45, 2.75) is 6.61 Å². The molecule has 4 nitrogen and oxygen atoms in total. The van der Waals surface area contributed by atoms with E-state index in [0.29, 0.717) is 17.6 Å². The summed E-state index contributed by atoms with van der Waals surface area (Å²) >= 11 is 5.70. The first-order chi connectivity index (χ1) is 8.28. The molecule has 1 aromatic carbocycles. The molecule has 2 rings (SSSR count). The van der Waals surface area contributed by atoms with Gasteiger partial charge in [0.25, 0.3) is 0 Å². The van der Waals surface area contributed by atoms with Crippen LogP contribution in [0.4, 0.5) is 0 Å². The second kappa shape index (κ2) is 5.50. The molecule has 0 bridgehead atoms. The predicted octanol–water partition coefficient (Wildman–Crippen LogP) is 2.72. The highest BCUT2D eigenvalue weighted by molar-refractivity contribution is 6.29. The molecule has 0 radical (unpaired) electrons. The van der Waals surface area contributed by atoms with E-state index in [9.17, 15) is 0 Å². The molecule has 5 heteroatoms. The first-order valence-electron chi connectivity index (χ1n) is 5.01. The van der Waals surface area contributed by atoms with E-state index >= 15 is 0 Å². The van der Waals surface area contributed by atoms with Crippen LogP contribution >= 0.6 is 11.6 Å². The first kappa shape index (κ1) is 11.7. The van der Waals surface area contributed by atoms with E-state index in [1.54, 1.807) is 7.11 Å². The third-order valence-electron chi connectivity index (χ3n) is 2.10. The summed E-state index contributed by atoms with van der Waals surface area (Å²) in [5.41, 5.74) is 0.992. The van der Waals surface area contributed by atoms with Gasteiger partial charge in [0.15, 0.2) is 5.15 Å². The Bertz CT molecular complexity index is 505. The lowest BCUT2D eigenvalue weighted by Crippen LogP contribution is -1.98. The quantitative estimate of drug-likeness (QED) is 0.837. The number of hydrogen-bond acceptors (Lipinski definition) is 4. The van der Waals surface area contributed by atoms with Crippen molar-refractivity contribution < 1.29 is 9.47 Å². The standard InChI is InChI=1S/C12H11ClN2O2/c1-16-10-4-2-3-9(5-10)8-17-12-7-14-6-11(13)15-12/h2-7H,8H2,1H3. The zero-order chi connectivity index (χ0) is 12.1. The predicted molar refractivity (Wildman–Crippen MR) is 64.4 cm³/mol. The zero-order valence-electron chi connectivity index (χ0n) is 9.26. The van der Waals surface area contributed by atoms with Gasteiger partial charge in [0, 0.05) is 0 Å². The number of halogens is 1. The van der Waals surface area contributed by atoms with Crippen LogP contribution < -0.4 is 9.47 Å². The van der Waals surface area contributed by atoms with Crippen LogP contribution in [0, 0.1) is 0 Å². The molecule has 0 amide bonds. The zero-order valence-corrected chi connectivity index (χ0v) is 10.0. The third-order valence-corrected chi connectivity index (χ3v) is 2.29. The Morgan fingerprint density at radius 3 is 2.94 bits per heavy atom. The number of ether oxygens (including phenoxy) is 2. The van der Waals surface area contributed by atoms with E-state index in [1.165, 1.54) is 12.4 Å². The molecule has 1 heterocycles. The molecule has 88 valence electrons. The van der Waals surface area contributed by atoms with Crippen molar-refractivity contribution in [2.75, 3.05) is 7.11 Å². The summed E-state index contributed by atoms with van der Waals surface area (Å²) in [6.07, 6.45) is 2.98. The molecule has 0 spiro atoms. The molecule has 17 heavy (non-hydrogen) atoms. The Labute approximate surface area is 104 Å². The van der Waals surface area contributed by atoms with Crippen LogP contribution in [-0.4, -0.2) is 17.1 Å². The van der Waals surface area contributed by atoms with Gasteiger partial charge in [-0.25, -0.2) is 0 Å². The van der Waals surface area contributed by atoms with Gasteiger partial charge >= 0.3 is 0 Å². The van der Waals surface area contributed by atoms with E-state index in [4.69, 9.17) is 21.1 Å². The Kier molecular flexibility index (Phi) is 3.77. The normalized spacial score (nSPS) is 10.0. The molecule has 0 N–H and O–H groups in total. The van der Waals surface area contributed by atoms with Crippen LogP contribution in [0.1, 0.15) is 5.56 Å². The van der Waals surface area contributed by atoms with Crippen molar-refractivity contribution in [2.24, 2.45) is 0 Å². The molecule has 0 fully saturated rings. The first-order valence-corrected chi connectivity index (χ1v) is 5.39. The lowest BCUT2D eigenvalue weighted by molar-refractivity contribution is 0.291. The summed E-state index contributed by atoms with van der Waals surface area (Å²) in [5.74, 6) is 1.20. The van der Waals surface area contributed by atoms with Crippen molar-refractivity contribution >= 4 is 11.6 Å². The number of benzene rings is 1. The smallest absolute Gasteiger partial charge is 0.234 e. The molecule has 1 aromatic heterocycles. The fourth-order valence-corrected chi connectivity index (χ4v) is 1.45. The highest BCUT2D eigenvalue weighted by Gasteiger charge is 2.00. The third kappa shape index (κ3) is 3.32. The van der Waals surface area contributed by atoms with E-state index in [-0.39, 0.29) is 0 Å². The van der Waals surface area contributed by atoms with Gasteiger partial charge in [0.05, 0.1) is 19.5 Å². The van der Waals surface area contributed by atoms with Crippen LogP contribution in [0.3, 0.4) is 0 Å². The van der Waals surface area contributed by atoms with Gasteiger partial charge in [-0.2, -0.15) is 4.98 Å². The van der Waals surface area contributed by atoms with Crippen molar-refractivity contribution in [3.05, 3.63) is 47.4 Å². The summed E-state index contributed by atoms with van der Waals surface area (Å²) in [5, 5.41) is 0.313. The number of hydrogen-bond donors (Lipinski definition) is 0. The van der Waals surface area contributed by atoms with Crippen LogP contribution in [0.2, 0.25) is 5.15 Å². The van der Waals surface area contributed by atoms with Gasteiger partial charge in [-0.05, 0) is 17.7 Å². The average Bonchev–Trinajstić information content (AvgIpc) is 2.37.